The van der Waals surface area contributed by atoms with Crippen molar-refractivity contribution in [3.05, 3.63) is 82.0 Å². The van der Waals surface area contributed by atoms with Crippen LogP contribution in [0.25, 0.3) is 11.8 Å². The van der Waals surface area contributed by atoms with Gasteiger partial charge in [-0.05, 0) is 91.8 Å². The SMILES string of the molecule is COc1ccc(N=C2NC(=O)/C(=C\c3cc(C)n(-c4ccc(C#N)cc4)c3C)S2)cc1. The van der Waals surface area contributed by atoms with Gasteiger partial charge in [-0.15, -0.1) is 0 Å². The fraction of sp³-hybridized carbons (Fsp3) is 0.125. The fourth-order valence-corrected chi connectivity index (χ4v) is 4.24. The highest BCUT2D eigenvalue weighted by molar-refractivity contribution is 8.18. The molecule has 154 valence electrons. The Hall–Kier alpha value is -3.76. The normalized spacial score (nSPS) is 15.9. The zero-order valence-electron chi connectivity index (χ0n) is 17.3. The van der Waals surface area contributed by atoms with Crippen LogP contribution in [0.2, 0.25) is 0 Å². The van der Waals surface area contributed by atoms with E-state index in [1.165, 1.54) is 11.8 Å². The Kier molecular flexibility index (Phi) is 5.65. The minimum Gasteiger partial charge on any atom is -0.497 e. The Bertz CT molecular complexity index is 1250. The molecule has 1 aliphatic heterocycles. The van der Waals surface area contributed by atoms with Crippen LogP contribution < -0.4 is 10.1 Å². The Labute approximate surface area is 184 Å². The van der Waals surface area contributed by atoms with E-state index in [9.17, 15) is 4.79 Å². The van der Waals surface area contributed by atoms with Crippen molar-refractivity contribution in [3.8, 4) is 17.5 Å². The van der Waals surface area contributed by atoms with E-state index in [-0.39, 0.29) is 5.91 Å². The monoisotopic (exact) mass is 428 g/mol. The van der Waals surface area contributed by atoms with Gasteiger partial charge in [-0.3, -0.25) is 4.79 Å². The minimum atomic E-state index is -0.166. The fourth-order valence-electron chi connectivity index (χ4n) is 3.41. The third-order valence-electron chi connectivity index (χ3n) is 4.97. The lowest BCUT2D eigenvalue weighted by Crippen LogP contribution is -2.19. The minimum absolute atomic E-state index is 0.166. The van der Waals surface area contributed by atoms with Gasteiger partial charge in [0.15, 0.2) is 5.17 Å². The van der Waals surface area contributed by atoms with Crippen molar-refractivity contribution in [3.63, 3.8) is 0 Å². The third-order valence-corrected chi connectivity index (χ3v) is 5.88. The number of ether oxygens (including phenoxy) is 1. The summed E-state index contributed by atoms with van der Waals surface area (Å²) in [7, 11) is 1.61. The van der Waals surface area contributed by atoms with E-state index in [2.05, 4.69) is 20.9 Å². The number of hydrogen-bond acceptors (Lipinski definition) is 5. The second-order valence-corrected chi connectivity index (χ2v) is 8.03. The summed E-state index contributed by atoms with van der Waals surface area (Å²) in [6.45, 7) is 4.03. The first-order valence-corrected chi connectivity index (χ1v) is 10.4. The van der Waals surface area contributed by atoms with Crippen LogP contribution in [-0.2, 0) is 4.79 Å². The molecule has 0 aliphatic carbocycles. The standard InChI is InChI=1S/C24H20N4O2S/c1-15-12-18(16(2)28(15)20-8-4-17(14-25)5-9-20)13-22-23(29)27-24(31-22)26-19-6-10-21(30-3)11-7-19/h4-13H,1-3H3,(H,26,27,29)/b22-13+. The highest BCUT2D eigenvalue weighted by Crippen LogP contribution is 2.31. The summed E-state index contributed by atoms with van der Waals surface area (Å²) in [5, 5.41) is 12.4. The molecule has 0 spiro atoms. The predicted molar refractivity (Wildman–Crippen MR) is 124 cm³/mol. The van der Waals surface area contributed by atoms with Crippen LogP contribution in [0.3, 0.4) is 0 Å². The van der Waals surface area contributed by atoms with Gasteiger partial charge in [0.25, 0.3) is 5.91 Å². The second-order valence-electron chi connectivity index (χ2n) is 7.00. The number of thioether (sulfide) groups is 1. The number of carbonyl (C=O) groups excluding carboxylic acids is 1. The molecule has 1 fully saturated rings. The van der Waals surface area contributed by atoms with Crippen LogP contribution in [0.5, 0.6) is 5.75 Å². The van der Waals surface area contributed by atoms with E-state index in [1.807, 2.05) is 62.4 Å². The van der Waals surface area contributed by atoms with E-state index in [1.54, 1.807) is 19.2 Å². The topological polar surface area (TPSA) is 79.4 Å². The molecule has 0 radical (unpaired) electrons. The Balaban J connectivity index is 1.60. The zero-order valence-corrected chi connectivity index (χ0v) is 18.2. The van der Waals surface area contributed by atoms with Gasteiger partial charge in [0.2, 0.25) is 0 Å². The van der Waals surface area contributed by atoms with E-state index in [0.29, 0.717) is 15.6 Å². The molecule has 1 saturated heterocycles. The van der Waals surface area contributed by atoms with Crippen LogP contribution in [0, 0.1) is 25.2 Å². The van der Waals surface area contributed by atoms with Crippen LogP contribution >= 0.6 is 11.8 Å². The van der Waals surface area contributed by atoms with Crippen molar-refractivity contribution in [2.24, 2.45) is 4.99 Å². The average Bonchev–Trinajstić information content (AvgIpc) is 3.26. The molecule has 7 heteroatoms. The number of nitriles is 1. The molecule has 1 aliphatic rings. The number of carbonyl (C=O) groups is 1. The van der Waals surface area contributed by atoms with Crippen molar-refractivity contribution in [1.29, 1.82) is 5.26 Å². The average molecular weight is 429 g/mol. The summed E-state index contributed by atoms with van der Waals surface area (Å²) in [6, 6.07) is 19.0. The summed E-state index contributed by atoms with van der Waals surface area (Å²) < 4.78 is 7.27. The largest absolute Gasteiger partial charge is 0.497 e. The molecule has 1 amide bonds. The number of aromatic nitrogens is 1. The maximum absolute atomic E-state index is 12.5. The van der Waals surface area contributed by atoms with Crippen molar-refractivity contribution in [2.75, 3.05) is 7.11 Å². The van der Waals surface area contributed by atoms with Gasteiger partial charge in [-0.25, -0.2) is 4.99 Å². The number of aliphatic imine (C=N–C) groups is 1. The molecule has 0 atom stereocenters. The maximum atomic E-state index is 12.5. The number of hydrogen-bond donors (Lipinski definition) is 1. The molecular weight excluding hydrogens is 408 g/mol. The number of rotatable bonds is 4. The smallest absolute Gasteiger partial charge is 0.264 e. The molecule has 0 saturated carbocycles. The van der Waals surface area contributed by atoms with E-state index < -0.39 is 0 Å². The Morgan fingerprint density at radius 3 is 2.48 bits per heavy atom. The number of amides is 1. The molecule has 2 aromatic carbocycles. The van der Waals surface area contributed by atoms with Crippen LogP contribution in [-0.4, -0.2) is 22.8 Å². The molecule has 1 aromatic heterocycles. The lowest BCUT2D eigenvalue weighted by atomic mass is 10.2. The quantitative estimate of drug-likeness (QED) is 0.602. The van der Waals surface area contributed by atoms with Crippen molar-refractivity contribution < 1.29 is 9.53 Å². The summed E-state index contributed by atoms with van der Waals surface area (Å²) in [6.07, 6.45) is 1.89. The summed E-state index contributed by atoms with van der Waals surface area (Å²) >= 11 is 1.32. The van der Waals surface area contributed by atoms with Crippen molar-refractivity contribution in [1.82, 2.24) is 9.88 Å². The van der Waals surface area contributed by atoms with Gasteiger partial charge in [-0.2, -0.15) is 5.26 Å². The molecule has 2 heterocycles. The number of nitrogens with zero attached hydrogens (tertiary/aromatic N) is 3. The molecule has 3 aromatic rings. The zero-order chi connectivity index (χ0) is 22.0. The van der Waals surface area contributed by atoms with E-state index >= 15 is 0 Å². The molecular formula is C24H20N4O2S. The molecule has 31 heavy (non-hydrogen) atoms. The number of aryl methyl sites for hydroxylation is 1. The molecule has 1 N–H and O–H groups in total. The first-order valence-electron chi connectivity index (χ1n) is 9.61. The number of methoxy groups -OCH3 is 1. The predicted octanol–water partition coefficient (Wildman–Crippen LogP) is 4.87. The molecule has 0 unspecified atom stereocenters. The lowest BCUT2D eigenvalue weighted by Gasteiger charge is -2.09. The Morgan fingerprint density at radius 2 is 1.84 bits per heavy atom. The lowest BCUT2D eigenvalue weighted by molar-refractivity contribution is -0.115. The van der Waals surface area contributed by atoms with E-state index in [4.69, 9.17) is 10.00 Å². The first kappa shape index (κ1) is 20.5. The van der Waals surface area contributed by atoms with Gasteiger partial charge in [0.05, 0.1) is 29.3 Å². The number of amidine groups is 1. The highest BCUT2D eigenvalue weighted by atomic mass is 32.2. The number of benzene rings is 2. The molecule has 4 rings (SSSR count). The number of nitrogens with one attached hydrogen (secondary N) is 1. The van der Waals surface area contributed by atoms with Crippen LogP contribution in [0.15, 0.2) is 64.5 Å². The van der Waals surface area contributed by atoms with Crippen molar-refractivity contribution in [2.45, 2.75) is 13.8 Å². The van der Waals surface area contributed by atoms with Gasteiger partial charge in [-0.1, -0.05) is 0 Å². The first-order chi connectivity index (χ1) is 15.0. The summed E-state index contributed by atoms with van der Waals surface area (Å²) in [5.74, 6) is 0.589. The summed E-state index contributed by atoms with van der Waals surface area (Å²) in [4.78, 5) is 17.6. The molecule has 0 bridgehead atoms. The van der Waals surface area contributed by atoms with Crippen molar-refractivity contribution >= 4 is 34.6 Å². The maximum Gasteiger partial charge on any atom is 0.264 e. The van der Waals surface area contributed by atoms with Crippen LogP contribution in [0.1, 0.15) is 22.5 Å². The van der Waals surface area contributed by atoms with Crippen LogP contribution in [0.4, 0.5) is 5.69 Å². The second kappa shape index (κ2) is 8.54. The van der Waals surface area contributed by atoms with Gasteiger partial charge < -0.3 is 14.6 Å². The van der Waals surface area contributed by atoms with Gasteiger partial charge >= 0.3 is 0 Å². The highest BCUT2D eigenvalue weighted by Gasteiger charge is 2.24. The van der Waals surface area contributed by atoms with Gasteiger partial charge in [0, 0.05) is 17.1 Å². The van der Waals surface area contributed by atoms with Gasteiger partial charge in [0.1, 0.15) is 5.75 Å². The van der Waals surface area contributed by atoms with E-state index in [0.717, 1.165) is 34.1 Å². The molecule has 6 nitrogen and oxygen atoms in total. The Morgan fingerprint density at radius 1 is 1.13 bits per heavy atom. The third kappa shape index (κ3) is 4.25. The summed E-state index contributed by atoms with van der Waals surface area (Å²) in [5.41, 5.74) is 5.36.